The van der Waals surface area contributed by atoms with Gasteiger partial charge in [-0.2, -0.15) is 10.1 Å². The van der Waals surface area contributed by atoms with Crippen molar-refractivity contribution in [2.45, 2.75) is 19.0 Å². The first kappa shape index (κ1) is 19.9. The van der Waals surface area contributed by atoms with Gasteiger partial charge >= 0.3 is 5.97 Å². The molecular weight excluding hydrogens is 413 g/mol. The first-order valence-electron chi connectivity index (χ1n) is 10.3. The Hall–Kier alpha value is -4.01. The maximum Gasteiger partial charge on any atom is 0.338 e. The van der Waals surface area contributed by atoms with Gasteiger partial charge in [0.1, 0.15) is 23.5 Å². The van der Waals surface area contributed by atoms with Gasteiger partial charge in [0.15, 0.2) is 0 Å². The molecular formula is C23H20FN5O3. The SMILES string of the molecule is O=C(O)c1cnn(-c2nc(N3CCC(F)CC3)c3ccc(Oc4ccccc4)cc3n2)c1. The van der Waals surface area contributed by atoms with Crippen LogP contribution in [0.15, 0.2) is 60.9 Å². The summed E-state index contributed by atoms with van der Waals surface area (Å²) in [4.78, 5) is 22.6. The molecule has 0 spiro atoms. The Morgan fingerprint density at radius 2 is 1.84 bits per heavy atom. The van der Waals surface area contributed by atoms with Crippen molar-refractivity contribution in [3.8, 4) is 17.4 Å². The molecule has 0 aliphatic carbocycles. The maximum absolute atomic E-state index is 13.7. The lowest BCUT2D eigenvalue weighted by molar-refractivity contribution is 0.0697. The van der Waals surface area contributed by atoms with Crippen LogP contribution in [0.5, 0.6) is 11.5 Å². The summed E-state index contributed by atoms with van der Waals surface area (Å²) in [5.41, 5.74) is 0.655. The van der Waals surface area contributed by atoms with Gasteiger partial charge in [-0.3, -0.25) is 0 Å². The molecule has 1 fully saturated rings. The number of carboxylic acid groups (broad SMARTS) is 1. The van der Waals surface area contributed by atoms with Gasteiger partial charge in [-0.05, 0) is 37.1 Å². The highest BCUT2D eigenvalue weighted by atomic mass is 19.1. The second-order valence-electron chi connectivity index (χ2n) is 7.58. The van der Waals surface area contributed by atoms with Gasteiger partial charge in [0, 0.05) is 30.7 Å². The molecule has 4 aromatic rings. The molecule has 32 heavy (non-hydrogen) atoms. The molecule has 0 bridgehead atoms. The van der Waals surface area contributed by atoms with Crippen molar-refractivity contribution in [2.75, 3.05) is 18.0 Å². The predicted molar refractivity (Wildman–Crippen MR) is 116 cm³/mol. The van der Waals surface area contributed by atoms with E-state index in [-0.39, 0.29) is 11.5 Å². The smallest absolute Gasteiger partial charge is 0.338 e. The second-order valence-corrected chi connectivity index (χ2v) is 7.58. The fraction of sp³-hybridized carbons (Fsp3) is 0.217. The topological polar surface area (TPSA) is 93.4 Å². The summed E-state index contributed by atoms with van der Waals surface area (Å²) in [6.45, 7) is 1.07. The van der Waals surface area contributed by atoms with Crippen molar-refractivity contribution in [1.82, 2.24) is 19.7 Å². The molecule has 1 aliphatic heterocycles. The molecule has 0 saturated carbocycles. The average molecular weight is 433 g/mol. The first-order chi connectivity index (χ1) is 15.6. The molecule has 0 unspecified atom stereocenters. The van der Waals surface area contributed by atoms with Crippen molar-refractivity contribution in [1.29, 1.82) is 0 Å². The Balaban J connectivity index is 1.59. The van der Waals surface area contributed by atoms with E-state index in [1.54, 1.807) is 6.07 Å². The number of ether oxygens (including phenoxy) is 1. The average Bonchev–Trinajstić information content (AvgIpc) is 3.30. The summed E-state index contributed by atoms with van der Waals surface area (Å²) in [7, 11) is 0. The Morgan fingerprint density at radius 1 is 1.06 bits per heavy atom. The number of rotatable bonds is 5. The number of para-hydroxylation sites is 1. The van der Waals surface area contributed by atoms with Crippen LogP contribution >= 0.6 is 0 Å². The van der Waals surface area contributed by atoms with Crippen LogP contribution in [0.1, 0.15) is 23.2 Å². The molecule has 1 N–H and O–H groups in total. The largest absolute Gasteiger partial charge is 0.478 e. The summed E-state index contributed by atoms with van der Waals surface area (Å²) in [6, 6.07) is 15.0. The monoisotopic (exact) mass is 433 g/mol. The zero-order valence-electron chi connectivity index (χ0n) is 17.1. The van der Waals surface area contributed by atoms with Crippen LogP contribution in [0.2, 0.25) is 0 Å². The van der Waals surface area contributed by atoms with Crippen molar-refractivity contribution in [3.05, 3.63) is 66.5 Å². The molecule has 8 nitrogen and oxygen atoms in total. The van der Waals surface area contributed by atoms with E-state index in [9.17, 15) is 14.3 Å². The number of halogens is 1. The molecule has 1 aliphatic rings. The molecule has 2 aromatic carbocycles. The van der Waals surface area contributed by atoms with E-state index in [2.05, 4.69) is 15.1 Å². The third-order valence-corrected chi connectivity index (χ3v) is 5.37. The maximum atomic E-state index is 13.7. The van der Waals surface area contributed by atoms with E-state index in [1.165, 1.54) is 17.1 Å². The van der Waals surface area contributed by atoms with Crippen molar-refractivity contribution in [3.63, 3.8) is 0 Å². The number of aromatic carboxylic acids is 1. The Kier molecular flexibility index (Phi) is 5.14. The number of hydrogen-bond donors (Lipinski definition) is 1. The van der Waals surface area contributed by atoms with Gasteiger partial charge in [0.05, 0.1) is 17.3 Å². The zero-order chi connectivity index (χ0) is 22.1. The number of aromatic nitrogens is 4. The highest BCUT2D eigenvalue weighted by Crippen LogP contribution is 2.31. The zero-order valence-corrected chi connectivity index (χ0v) is 17.1. The molecule has 1 saturated heterocycles. The molecule has 9 heteroatoms. The first-order valence-corrected chi connectivity index (χ1v) is 10.3. The minimum absolute atomic E-state index is 0.0367. The predicted octanol–water partition coefficient (Wildman–Crippen LogP) is 4.24. The third-order valence-electron chi connectivity index (χ3n) is 5.37. The lowest BCUT2D eigenvalue weighted by Gasteiger charge is -2.30. The summed E-state index contributed by atoms with van der Waals surface area (Å²) in [6.07, 6.45) is 2.67. The highest BCUT2D eigenvalue weighted by molar-refractivity contribution is 5.91. The summed E-state index contributed by atoms with van der Waals surface area (Å²) < 4.78 is 21.0. The third kappa shape index (κ3) is 3.96. The van der Waals surface area contributed by atoms with Crippen LogP contribution in [-0.2, 0) is 0 Å². The standard InChI is InChI=1S/C23H20FN5O3/c24-16-8-10-28(11-9-16)21-19-7-6-18(32-17-4-2-1-3-5-17)12-20(19)26-23(27-21)29-14-15(13-25-29)22(30)31/h1-7,12-14,16H,8-11H2,(H,30,31). The van der Waals surface area contributed by atoms with Crippen LogP contribution in [0.25, 0.3) is 16.9 Å². The van der Waals surface area contributed by atoms with Gasteiger partial charge in [0.25, 0.3) is 5.95 Å². The minimum atomic E-state index is -1.08. The molecule has 3 heterocycles. The Morgan fingerprint density at radius 3 is 2.56 bits per heavy atom. The van der Waals surface area contributed by atoms with E-state index >= 15 is 0 Å². The molecule has 162 valence electrons. The number of carbonyl (C=O) groups is 1. The van der Waals surface area contributed by atoms with Crippen molar-refractivity contribution < 1.29 is 19.0 Å². The number of piperidine rings is 1. The van der Waals surface area contributed by atoms with E-state index in [1.807, 2.05) is 47.4 Å². The number of fused-ring (bicyclic) bond motifs is 1. The van der Waals surface area contributed by atoms with Gasteiger partial charge in [-0.1, -0.05) is 18.2 Å². The molecule has 0 atom stereocenters. The normalized spacial score (nSPS) is 14.6. The highest BCUT2D eigenvalue weighted by Gasteiger charge is 2.23. The number of hydrogen-bond acceptors (Lipinski definition) is 6. The molecule has 0 radical (unpaired) electrons. The van der Waals surface area contributed by atoms with Gasteiger partial charge in [-0.15, -0.1) is 0 Å². The number of alkyl halides is 1. The molecule has 5 rings (SSSR count). The van der Waals surface area contributed by atoms with Crippen LogP contribution in [0.4, 0.5) is 10.2 Å². The summed E-state index contributed by atoms with van der Waals surface area (Å²) in [5.74, 6) is 1.12. The number of benzene rings is 2. The van der Waals surface area contributed by atoms with Crippen molar-refractivity contribution in [2.24, 2.45) is 0 Å². The Bertz CT molecular complexity index is 1270. The summed E-state index contributed by atoms with van der Waals surface area (Å²) in [5, 5.41) is 14.1. The van der Waals surface area contributed by atoms with E-state index in [0.29, 0.717) is 48.8 Å². The quantitative estimate of drug-likeness (QED) is 0.503. The molecule has 0 amide bonds. The number of anilines is 1. The van der Waals surface area contributed by atoms with Gasteiger partial charge in [-0.25, -0.2) is 18.9 Å². The minimum Gasteiger partial charge on any atom is -0.478 e. The van der Waals surface area contributed by atoms with Crippen molar-refractivity contribution >= 4 is 22.7 Å². The number of nitrogens with zero attached hydrogens (tertiary/aromatic N) is 5. The lowest BCUT2D eigenvalue weighted by atomic mass is 10.1. The van der Waals surface area contributed by atoms with Crippen LogP contribution in [0.3, 0.4) is 0 Å². The van der Waals surface area contributed by atoms with Crippen LogP contribution in [0, 0.1) is 0 Å². The number of carboxylic acids is 1. The fourth-order valence-corrected chi connectivity index (χ4v) is 3.71. The summed E-state index contributed by atoms with van der Waals surface area (Å²) >= 11 is 0. The van der Waals surface area contributed by atoms with Crippen LogP contribution < -0.4 is 9.64 Å². The van der Waals surface area contributed by atoms with Gasteiger partial charge in [0.2, 0.25) is 0 Å². The van der Waals surface area contributed by atoms with Gasteiger partial charge < -0.3 is 14.7 Å². The van der Waals surface area contributed by atoms with E-state index in [4.69, 9.17) is 4.74 Å². The van der Waals surface area contributed by atoms with E-state index in [0.717, 1.165) is 5.39 Å². The second kappa shape index (κ2) is 8.26. The fourth-order valence-electron chi connectivity index (χ4n) is 3.71. The van der Waals surface area contributed by atoms with Crippen LogP contribution in [-0.4, -0.2) is 50.1 Å². The van der Waals surface area contributed by atoms with E-state index < -0.39 is 12.1 Å². The lowest BCUT2D eigenvalue weighted by Crippen LogP contribution is -2.35. The Labute approximate surface area is 182 Å². The molecule has 2 aromatic heterocycles.